The average molecular weight is 260 g/mol. The normalized spacial score (nSPS) is 10.4. The Morgan fingerprint density at radius 2 is 1.95 bits per heavy atom. The monoisotopic (exact) mass is 260 g/mol. The third-order valence-corrected chi connectivity index (χ3v) is 3.38. The van der Waals surface area contributed by atoms with Crippen molar-refractivity contribution in [2.45, 2.75) is 6.92 Å². The molecular weight excluding hydrogens is 248 g/mol. The number of carbonyl (C=O) groups excluding carboxylic acids is 1. The summed E-state index contributed by atoms with van der Waals surface area (Å²) >= 11 is 0. The zero-order chi connectivity index (χ0) is 14.1. The van der Waals surface area contributed by atoms with Gasteiger partial charge in [0.1, 0.15) is 6.07 Å². The minimum Gasteiger partial charge on any atom is -0.315 e. The minimum atomic E-state index is 0.0528. The quantitative estimate of drug-likeness (QED) is 0.659. The van der Waals surface area contributed by atoms with Crippen LogP contribution in [0.3, 0.4) is 0 Å². The largest absolute Gasteiger partial charge is 0.315 e. The average Bonchev–Trinajstić information content (AvgIpc) is 2.89. The summed E-state index contributed by atoms with van der Waals surface area (Å²) in [5.41, 5.74) is 3.16. The van der Waals surface area contributed by atoms with Crippen LogP contribution < -0.4 is 0 Å². The predicted octanol–water partition coefficient (Wildman–Crippen LogP) is 3.70. The van der Waals surface area contributed by atoms with Crippen molar-refractivity contribution < 1.29 is 4.79 Å². The van der Waals surface area contributed by atoms with Crippen LogP contribution in [0, 0.1) is 11.3 Å². The van der Waals surface area contributed by atoms with Crippen molar-refractivity contribution in [1.29, 1.82) is 5.26 Å². The van der Waals surface area contributed by atoms with Gasteiger partial charge in [0.25, 0.3) is 0 Å². The first kappa shape index (κ1) is 12.2. The Labute approximate surface area is 116 Å². The number of rotatable bonds is 2. The smallest absolute Gasteiger partial charge is 0.159 e. The van der Waals surface area contributed by atoms with E-state index in [1.807, 2.05) is 53.2 Å². The molecule has 0 amide bonds. The van der Waals surface area contributed by atoms with E-state index in [4.69, 9.17) is 0 Å². The molecule has 1 aromatic heterocycles. The number of Topliss-reactive ketones (excluding diaryl/α,β-unsaturated/α-hetero) is 1. The van der Waals surface area contributed by atoms with Crippen LogP contribution in [0.1, 0.15) is 22.8 Å². The zero-order valence-electron chi connectivity index (χ0n) is 11.0. The van der Waals surface area contributed by atoms with Gasteiger partial charge in [-0.2, -0.15) is 5.26 Å². The van der Waals surface area contributed by atoms with E-state index in [0.717, 1.165) is 16.6 Å². The summed E-state index contributed by atoms with van der Waals surface area (Å²) in [4.78, 5) is 11.4. The lowest BCUT2D eigenvalue weighted by Gasteiger charge is -2.07. The van der Waals surface area contributed by atoms with Gasteiger partial charge in [-0.1, -0.05) is 12.1 Å². The number of nitrogens with zero attached hydrogens (tertiary/aromatic N) is 2. The SMILES string of the molecule is CC(=O)c1ccc2c(ccn2-c2ccccc2C#N)c1. The molecule has 0 aliphatic heterocycles. The summed E-state index contributed by atoms with van der Waals surface area (Å²) in [6.45, 7) is 1.56. The molecule has 0 aliphatic carbocycles. The van der Waals surface area contributed by atoms with Crippen molar-refractivity contribution in [3.8, 4) is 11.8 Å². The summed E-state index contributed by atoms with van der Waals surface area (Å²) in [7, 11) is 0. The summed E-state index contributed by atoms with van der Waals surface area (Å²) in [6.07, 6.45) is 1.92. The Morgan fingerprint density at radius 3 is 2.70 bits per heavy atom. The van der Waals surface area contributed by atoms with Gasteiger partial charge >= 0.3 is 0 Å². The van der Waals surface area contributed by atoms with Gasteiger partial charge in [0, 0.05) is 17.1 Å². The summed E-state index contributed by atoms with van der Waals surface area (Å²) < 4.78 is 1.97. The molecule has 1 heterocycles. The van der Waals surface area contributed by atoms with Gasteiger partial charge in [0.05, 0.1) is 16.8 Å². The third kappa shape index (κ3) is 1.88. The number of hydrogen-bond acceptors (Lipinski definition) is 2. The zero-order valence-corrected chi connectivity index (χ0v) is 11.0. The second-order valence-corrected chi connectivity index (χ2v) is 4.64. The highest BCUT2D eigenvalue weighted by Crippen LogP contribution is 2.23. The van der Waals surface area contributed by atoms with Crippen LogP contribution in [0.15, 0.2) is 54.7 Å². The predicted molar refractivity (Wildman–Crippen MR) is 78.0 cm³/mol. The molecule has 0 N–H and O–H groups in total. The van der Waals surface area contributed by atoms with Crippen molar-refractivity contribution in [2.75, 3.05) is 0 Å². The number of para-hydroxylation sites is 1. The molecule has 2 aromatic carbocycles. The molecule has 96 valence electrons. The fourth-order valence-electron chi connectivity index (χ4n) is 2.35. The van der Waals surface area contributed by atoms with Crippen LogP contribution in [0.5, 0.6) is 0 Å². The fourth-order valence-corrected chi connectivity index (χ4v) is 2.35. The van der Waals surface area contributed by atoms with Gasteiger partial charge in [0.15, 0.2) is 5.78 Å². The number of aromatic nitrogens is 1. The highest BCUT2D eigenvalue weighted by Gasteiger charge is 2.08. The topological polar surface area (TPSA) is 45.8 Å². The van der Waals surface area contributed by atoms with Gasteiger partial charge in [-0.15, -0.1) is 0 Å². The van der Waals surface area contributed by atoms with Gasteiger partial charge in [-0.05, 0) is 43.3 Å². The summed E-state index contributed by atoms with van der Waals surface area (Å²) in [5.74, 6) is 0.0528. The first-order valence-corrected chi connectivity index (χ1v) is 6.32. The van der Waals surface area contributed by atoms with E-state index in [2.05, 4.69) is 6.07 Å². The van der Waals surface area contributed by atoms with Crippen molar-refractivity contribution in [3.63, 3.8) is 0 Å². The highest BCUT2D eigenvalue weighted by atomic mass is 16.1. The summed E-state index contributed by atoms with van der Waals surface area (Å²) in [6, 6.07) is 17.2. The minimum absolute atomic E-state index is 0.0528. The van der Waals surface area contributed by atoms with E-state index >= 15 is 0 Å². The third-order valence-electron chi connectivity index (χ3n) is 3.38. The van der Waals surface area contributed by atoms with Crippen LogP contribution in [0.4, 0.5) is 0 Å². The Kier molecular flexibility index (Phi) is 2.85. The number of fused-ring (bicyclic) bond motifs is 1. The van der Waals surface area contributed by atoms with Crippen LogP contribution in [0.25, 0.3) is 16.6 Å². The standard InChI is InChI=1S/C17H12N2O/c1-12(20)13-6-7-17-14(10-13)8-9-19(17)16-5-3-2-4-15(16)11-18/h2-10H,1H3. The maximum absolute atomic E-state index is 11.4. The van der Waals surface area contributed by atoms with E-state index in [1.54, 1.807) is 13.0 Å². The van der Waals surface area contributed by atoms with E-state index in [0.29, 0.717) is 11.1 Å². The maximum atomic E-state index is 11.4. The first-order chi connectivity index (χ1) is 9.70. The molecule has 0 bridgehead atoms. The number of hydrogen-bond donors (Lipinski definition) is 0. The number of nitriles is 1. The van der Waals surface area contributed by atoms with Crippen molar-refractivity contribution in [2.24, 2.45) is 0 Å². The summed E-state index contributed by atoms with van der Waals surface area (Å²) in [5, 5.41) is 10.2. The van der Waals surface area contributed by atoms with E-state index < -0.39 is 0 Å². The molecule has 3 nitrogen and oxygen atoms in total. The van der Waals surface area contributed by atoms with Gasteiger partial charge in [0.2, 0.25) is 0 Å². The molecule has 0 spiro atoms. The van der Waals surface area contributed by atoms with Crippen molar-refractivity contribution >= 4 is 16.7 Å². The van der Waals surface area contributed by atoms with Crippen molar-refractivity contribution in [3.05, 3.63) is 65.9 Å². The number of ketones is 1. The molecular formula is C17H12N2O. The molecule has 0 radical (unpaired) electrons. The van der Waals surface area contributed by atoms with Crippen molar-refractivity contribution in [1.82, 2.24) is 4.57 Å². The van der Waals surface area contributed by atoms with Crippen LogP contribution >= 0.6 is 0 Å². The first-order valence-electron chi connectivity index (χ1n) is 6.32. The lowest BCUT2D eigenvalue weighted by atomic mass is 10.1. The molecule has 0 atom stereocenters. The molecule has 0 aliphatic rings. The van der Waals surface area contributed by atoms with Gasteiger partial charge in [-0.3, -0.25) is 4.79 Å². The Balaban J connectivity index is 2.23. The second-order valence-electron chi connectivity index (χ2n) is 4.64. The molecule has 0 unspecified atom stereocenters. The lowest BCUT2D eigenvalue weighted by molar-refractivity contribution is 0.101. The molecule has 3 aromatic rings. The van der Waals surface area contributed by atoms with Crippen LogP contribution in [-0.4, -0.2) is 10.4 Å². The fraction of sp³-hybridized carbons (Fsp3) is 0.0588. The molecule has 3 heteroatoms. The van der Waals surface area contributed by atoms with Crippen LogP contribution in [-0.2, 0) is 0 Å². The Bertz CT molecular complexity index is 853. The van der Waals surface area contributed by atoms with Crippen LogP contribution in [0.2, 0.25) is 0 Å². The molecule has 0 saturated heterocycles. The lowest BCUT2D eigenvalue weighted by Crippen LogP contribution is -1.96. The number of benzene rings is 2. The number of carbonyl (C=O) groups is 1. The highest BCUT2D eigenvalue weighted by molar-refractivity contribution is 5.98. The van der Waals surface area contributed by atoms with E-state index in [-0.39, 0.29) is 5.78 Å². The van der Waals surface area contributed by atoms with E-state index in [9.17, 15) is 10.1 Å². The Hall–Kier alpha value is -2.86. The maximum Gasteiger partial charge on any atom is 0.159 e. The molecule has 20 heavy (non-hydrogen) atoms. The molecule has 0 fully saturated rings. The molecule has 0 saturated carbocycles. The molecule has 3 rings (SSSR count). The second kappa shape index (κ2) is 4.67. The Morgan fingerprint density at radius 1 is 1.15 bits per heavy atom. The van der Waals surface area contributed by atoms with Gasteiger partial charge < -0.3 is 4.57 Å². The van der Waals surface area contributed by atoms with E-state index in [1.165, 1.54) is 0 Å². The van der Waals surface area contributed by atoms with Gasteiger partial charge in [-0.25, -0.2) is 0 Å².